The fourth-order valence-corrected chi connectivity index (χ4v) is 3.91. The van der Waals surface area contributed by atoms with Gasteiger partial charge in [0.05, 0.1) is 0 Å². The predicted octanol–water partition coefficient (Wildman–Crippen LogP) is 2.61. The van der Waals surface area contributed by atoms with Crippen molar-refractivity contribution in [3.8, 4) is 0 Å². The molecule has 1 aliphatic heterocycles. The Kier molecular flexibility index (Phi) is 4.71. The maximum Gasteiger partial charge on any atom is 0.246 e. The number of carbonyl (C=O) groups is 2. The first kappa shape index (κ1) is 15.3. The van der Waals surface area contributed by atoms with E-state index in [1.807, 2.05) is 11.8 Å². The van der Waals surface area contributed by atoms with Crippen molar-refractivity contribution in [1.82, 2.24) is 10.2 Å². The van der Waals surface area contributed by atoms with Crippen LogP contribution in [0.5, 0.6) is 0 Å². The van der Waals surface area contributed by atoms with E-state index in [2.05, 4.69) is 19.2 Å². The topological polar surface area (TPSA) is 49.4 Å². The molecule has 20 heavy (non-hydrogen) atoms. The minimum atomic E-state index is -0.558. The van der Waals surface area contributed by atoms with Gasteiger partial charge in [0.1, 0.15) is 11.6 Å². The average molecular weight is 280 g/mol. The molecule has 1 saturated heterocycles. The van der Waals surface area contributed by atoms with Crippen LogP contribution in [0.15, 0.2) is 0 Å². The van der Waals surface area contributed by atoms with Gasteiger partial charge in [-0.3, -0.25) is 9.59 Å². The number of amides is 2. The summed E-state index contributed by atoms with van der Waals surface area (Å²) in [5, 5.41) is 2.98. The molecule has 2 amide bonds. The third kappa shape index (κ3) is 2.33. The summed E-state index contributed by atoms with van der Waals surface area (Å²) in [4.78, 5) is 27.6. The average Bonchev–Trinajstić information content (AvgIpc) is 2.48. The predicted molar refractivity (Wildman–Crippen MR) is 79.3 cm³/mol. The molecule has 0 aromatic rings. The summed E-state index contributed by atoms with van der Waals surface area (Å²) in [5.74, 6) is 0.234. The van der Waals surface area contributed by atoms with Crippen LogP contribution in [0.2, 0.25) is 0 Å². The summed E-state index contributed by atoms with van der Waals surface area (Å²) in [6.45, 7) is 6.20. The van der Waals surface area contributed by atoms with Gasteiger partial charge in [-0.05, 0) is 32.1 Å². The highest BCUT2D eigenvalue weighted by atomic mass is 16.2. The maximum absolute atomic E-state index is 12.8. The minimum Gasteiger partial charge on any atom is -0.342 e. The molecule has 0 bridgehead atoms. The van der Waals surface area contributed by atoms with E-state index in [1.54, 1.807) is 0 Å². The van der Waals surface area contributed by atoms with Gasteiger partial charge in [0, 0.05) is 6.04 Å². The van der Waals surface area contributed by atoms with Crippen molar-refractivity contribution in [2.24, 2.45) is 0 Å². The lowest BCUT2D eigenvalue weighted by Crippen LogP contribution is -2.73. The van der Waals surface area contributed by atoms with E-state index in [0.29, 0.717) is 6.42 Å². The van der Waals surface area contributed by atoms with Gasteiger partial charge >= 0.3 is 0 Å². The maximum atomic E-state index is 12.8. The van der Waals surface area contributed by atoms with Gasteiger partial charge in [-0.15, -0.1) is 0 Å². The first-order valence-corrected chi connectivity index (χ1v) is 8.24. The minimum absolute atomic E-state index is 0.0931. The highest BCUT2D eigenvalue weighted by Crippen LogP contribution is 2.39. The van der Waals surface area contributed by atoms with Crippen LogP contribution in [-0.4, -0.2) is 34.3 Å². The van der Waals surface area contributed by atoms with E-state index in [1.165, 1.54) is 6.42 Å². The van der Waals surface area contributed by atoms with Crippen LogP contribution in [0.4, 0.5) is 0 Å². The van der Waals surface area contributed by atoms with Crippen molar-refractivity contribution in [3.05, 3.63) is 0 Å². The molecule has 4 heteroatoms. The monoisotopic (exact) mass is 280 g/mol. The second-order valence-corrected chi connectivity index (χ2v) is 6.21. The first-order chi connectivity index (χ1) is 9.60. The van der Waals surface area contributed by atoms with Crippen LogP contribution in [0.1, 0.15) is 72.1 Å². The molecule has 2 rings (SSSR count). The Morgan fingerprint density at radius 1 is 1.15 bits per heavy atom. The molecule has 0 radical (unpaired) electrons. The lowest BCUT2D eigenvalue weighted by atomic mass is 9.76. The van der Waals surface area contributed by atoms with Gasteiger partial charge in [-0.25, -0.2) is 0 Å². The van der Waals surface area contributed by atoms with E-state index < -0.39 is 5.54 Å². The Balaban J connectivity index is 2.39. The third-order valence-corrected chi connectivity index (χ3v) is 5.12. The lowest BCUT2D eigenvalue weighted by molar-refractivity contribution is -0.164. The van der Waals surface area contributed by atoms with E-state index in [0.717, 1.165) is 38.5 Å². The molecule has 1 saturated carbocycles. The molecule has 114 valence electrons. The fraction of sp³-hybridized carbons (Fsp3) is 0.875. The summed E-state index contributed by atoms with van der Waals surface area (Å²) in [6.07, 6.45) is 7.47. The smallest absolute Gasteiger partial charge is 0.246 e. The zero-order valence-corrected chi connectivity index (χ0v) is 13.1. The summed E-state index contributed by atoms with van der Waals surface area (Å²) >= 11 is 0. The van der Waals surface area contributed by atoms with Crippen LogP contribution in [-0.2, 0) is 9.59 Å². The first-order valence-electron chi connectivity index (χ1n) is 8.24. The Labute approximate surface area is 122 Å². The number of hydrogen-bond donors (Lipinski definition) is 1. The van der Waals surface area contributed by atoms with Crippen molar-refractivity contribution in [1.29, 1.82) is 0 Å². The van der Waals surface area contributed by atoms with Crippen LogP contribution in [0, 0.1) is 0 Å². The zero-order valence-electron chi connectivity index (χ0n) is 13.1. The van der Waals surface area contributed by atoms with Crippen molar-refractivity contribution in [2.75, 3.05) is 0 Å². The molecule has 2 aliphatic rings. The Bertz CT molecular complexity index is 371. The SMILES string of the molecule is CCC1NC(=O)C2(CCCCC2)N(C(CC)CC)C1=O. The van der Waals surface area contributed by atoms with Gasteiger partial charge in [-0.1, -0.05) is 40.0 Å². The largest absolute Gasteiger partial charge is 0.342 e. The Morgan fingerprint density at radius 3 is 2.25 bits per heavy atom. The van der Waals surface area contributed by atoms with Crippen molar-refractivity contribution in [3.63, 3.8) is 0 Å². The van der Waals surface area contributed by atoms with Crippen LogP contribution < -0.4 is 5.32 Å². The second kappa shape index (κ2) is 6.15. The molecule has 2 fully saturated rings. The van der Waals surface area contributed by atoms with Crippen molar-refractivity contribution >= 4 is 11.8 Å². The van der Waals surface area contributed by atoms with Crippen molar-refractivity contribution < 1.29 is 9.59 Å². The lowest BCUT2D eigenvalue weighted by Gasteiger charge is -2.53. The molecule has 1 unspecified atom stereocenters. The molecule has 1 heterocycles. The van der Waals surface area contributed by atoms with Crippen LogP contribution in [0.3, 0.4) is 0 Å². The molecule has 1 aliphatic carbocycles. The Morgan fingerprint density at radius 2 is 1.75 bits per heavy atom. The van der Waals surface area contributed by atoms with Crippen LogP contribution in [0.25, 0.3) is 0 Å². The molecule has 4 nitrogen and oxygen atoms in total. The molecule has 1 spiro atoms. The molecule has 1 N–H and O–H groups in total. The summed E-state index contributed by atoms with van der Waals surface area (Å²) in [5.41, 5.74) is -0.558. The quantitative estimate of drug-likeness (QED) is 0.860. The molecule has 1 atom stereocenters. The number of nitrogens with zero attached hydrogens (tertiary/aromatic N) is 1. The highest BCUT2D eigenvalue weighted by molar-refractivity contribution is 6.00. The number of rotatable bonds is 4. The summed E-state index contributed by atoms with van der Waals surface area (Å²) in [6, 6.07) is -0.128. The van der Waals surface area contributed by atoms with E-state index in [-0.39, 0.29) is 23.9 Å². The zero-order chi connectivity index (χ0) is 14.8. The standard InChI is InChI=1S/C16H28N2O2/c1-4-12(5-2)18-14(19)13(6-3)17-15(20)16(18)10-8-7-9-11-16/h12-13H,4-11H2,1-3H3,(H,17,20). The molecular formula is C16H28N2O2. The number of hydrogen-bond acceptors (Lipinski definition) is 2. The van der Waals surface area contributed by atoms with Gasteiger partial charge in [0.2, 0.25) is 11.8 Å². The van der Waals surface area contributed by atoms with E-state index in [9.17, 15) is 9.59 Å². The normalized spacial score (nSPS) is 26.2. The van der Waals surface area contributed by atoms with Crippen molar-refractivity contribution in [2.45, 2.75) is 89.8 Å². The van der Waals surface area contributed by atoms with Gasteiger partial charge in [0.15, 0.2) is 0 Å². The highest BCUT2D eigenvalue weighted by Gasteiger charge is 2.53. The second-order valence-electron chi connectivity index (χ2n) is 6.21. The Hall–Kier alpha value is -1.06. The molecule has 0 aromatic heterocycles. The number of piperazine rings is 1. The fourth-order valence-electron chi connectivity index (χ4n) is 3.91. The third-order valence-electron chi connectivity index (χ3n) is 5.12. The molecular weight excluding hydrogens is 252 g/mol. The molecule has 0 aromatic carbocycles. The van der Waals surface area contributed by atoms with Gasteiger partial charge in [-0.2, -0.15) is 0 Å². The van der Waals surface area contributed by atoms with Gasteiger partial charge < -0.3 is 10.2 Å². The number of nitrogens with one attached hydrogen (secondary N) is 1. The summed E-state index contributed by atoms with van der Waals surface area (Å²) < 4.78 is 0. The summed E-state index contributed by atoms with van der Waals surface area (Å²) in [7, 11) is 0. The van der Waals surface area contributed by atoms with Crippen LogP contribution >= 0.6 is 0 Å². The van der Waals surface area contributed by atoms with E-state index >= 15 is 0 Å². The van der Waals surface area contributed by atoms with Gasteiger partial charge in [0.25, 0.3) is 0 Å². The van der Waals surface area contributed by atoms with E-state index in [4.69, 9.17) is 0 Å². The number of carbonyl (C=O) groups excluding carboxylic acids is 2.